The molecule has 5 rings (SSSR count). The van der Waals surface area contributed by atoms with E-state index >= 15 is 0 Å². The molecule has 0 saturated heterocycles. The molecule has 1 fully saturated rings. The van der Waals surface area contributed by atoms with E-state index in [1.807, 2.05) is 49.9 Å². The summed E-state index contributed by atoms with van der Waals surface area (Å²) < 4.78 is 43.5. The number of benzene rings is 2. The van der Waals surface area contributed by atoms with E-state index in [9.17, 15) is 23.1 Å². The minimum atomic E-state index is -4.16. The Hall–Kier alpha value is -3.65. The van der Waals surface area contributed by atoms with Crippen LogP contribution in [0, 0.1) is 6.92 Å². The van der Waals surface area contributed by atoms with Crippen molar-refractivity contribution in [3.8, 4) is 17.0 Å². The summed E-state index contributed by atoms with van der Waals surface area (Å²) in [5.41, 5.74) is 4.17. The first kappa shape index (κ1) is 39.6. The molecule has 2 heterocycles. The Morgan fingerprint density at radius 2 is 1.71 bits per heavy atom. The normalized spacial score (nSPS) is 17.4. The first-order chi connectivity index (χ1) is 24.3. The van der Waals surface area contributed by atoms with Gasteiger partial charge >= 0.3 is 22.3 Å². The van der Waals surface area contributed by atoms with Gasteiger partial charge in [0, 0.05) is 55.2 Å². The highest BCUT2D eigenvalue weighted by atomic mass is 32.2. The highest BCUT2D eigenvalue weighted by Crippen LogP contribution is 2.48. The van der Waals surface area contributed by atoms with Crippen molar-refractivity contribution in [2.75, 3.05) is 47.4 Å². The molecular weight excluding hydrogens is 683 g/mol. The summed E-state index contributed by atoms with van der Waals surface area (Å²) in [5, 5.41) is 11.1. The Labute approximate surface area is 309 Å². The molecule has 1 aliphatic heterocycles. The zero-order valence-corrected chi connectivity index (χ0v) is 33.1. The Balaban J connectivity index is 1.40. The average Bonchev–Trinajstić information content (AvgIpc) is 3.35. The molecule has 0 bridgehead atoms. The first-order valence-electron chi connectivity index (χ1n) is 18.3. The van der Waals surface area contributed by atoms with Crippen LogP contribution < -0.4 is 9.46 Å². The molecule has 0 spiro atoms. The Kier molecular flexibility index (Phi) is 11.7. The molecule has 1 saturated carbocycles. The molecule has 1 aliphatic carbocycles. The molecule has 1 amide bonds. The maximum atomic E-state index is 13.1. The number of ether oxygens (including phenoxy) is 2. The van der Waals surface area contributed by atoms with Gasteiger partial charge < -0.3 is 24.0 Å². The molecule has 0 radical (unpaired) electrons. The summed E-state index contributed by atoms with van der Waals surface area (Å²) in [6.45, 7) is 13.5. The SMILES string of the molecule is Cc1cccc2c1-c1c(C3CCCCC3)c3ccc(C(=O)O)cc3n1C[C@@H](N(C)CCN(C)CC(C)(C)N(C)S(=O)(=O)NC(=O)OC(C)(C)C)CO2. The largest absolute Gasteiger partial charge is 0.491 e. The van der Waals surface area contributed by atoms with E-state index in [4.69, 9.17) is 9.47 Å². The summed E-state index contributed by atoms with van der Waals surface area (Å²) >= 11 is 0. The zero-order valence-electron chi connectivity index (χ0n) is 32.3. The van der Waals surface area contributed by atoms with Crippen LogP contribution in [0.1, 0.15) is 94.1 Å². The summed E-state index contributed by atoms with van der Waals surface area (Å²) in [4.78, 5) is 28.8. The second-order valence-corrected chi connectivity index (χ2v) is 18.0. The van der Waals surface area contributed by atoms with Crippen LogP contribution in [0.2, 0.25) is 0 Å². The fourth-order valence-corrected chi connectivity index (χ4v) is 8.80. The smallest absolute Gasteiger partial charge is 0.422 e. The number of aromatic carboxylic acids is 1. The van der Waals surface area contributed by atoms with Gasteiger partial charge in [-0.3, -0.25) is 4.90 Å². The van der Waals surface area contributed by atoms with Gasteiger partial charge in [-0.05, 0) is 104 Å². The standard InChI is InChI=1S/C39H57N5O7S/c1-26-14-13-17-32-33(26)35-34(27-15-11-10-12-16-27)30-19-18-28(36(45)46)22-31(30)44(35)23-29(24-50-32)42(8)21-20-41(7)25-39(5,6)43(9)52(48,49)40-37(47)51-38(2,3)4/h13-14,17-19,22,27,29H,10-12,15-16,20-21,23-25H2,1-9H3,(H,40,47)(H,45,46)/t29-/m1/s1. The van der Waals surface area contributed by atoms with Crippen molar-refractivity contribution in [3.05, 3.63) is 53.1 Å². The summed E-state index contributed by atoms with van der Waals surface area (Å²) in [6.07, 6.45) is 4.79. The molecule has 2 N–H and O–H groups in total. The van der Waals surface area contributed by atoms with Gasteiger partial charge in [0.25, 0.3) is 0 Å². The van der Waals surface area contributed by atoms with E-state index in [1.165, 1.54) is 36.2 Å². The lowest BCUT2D eigenvalue weighted by atomic mass is 9.81. The van der Waals surface area contributed by atoms with E-state index in [-0.39, 0.29) is 11.6 Å². The number of nitrogens with zero attached hydrogens (tertiary/aromatic N) is 4. The topological polar surface area (TPSA) is 134 Å². The highest BCUT2D eigenvalue weighted by Gasteiger charge is 2.37. The number of likely N-dealkylation sites (N-methyl/N-ethyl adjacent to an activating group) is 3. The summed E-state index contributed by atoms with van der Waals surface area (Å²) in [6, 6.07) is 11.7. The molecule has 13 heteroatoms. The zero-order chi connectivity index (χ0) is 38.2. The van der Waals surface area contributed by atoms with E-state index in [0.717, 1.165) is 46.3 Å². The third-order valence-corrected chi connectivity index (χ3v) is 12.2. The molecule has 52 heavy (non-hydrogen) atoms. The van der Waals surface area contributed by atoms with Gasteiger partial charge in [0.2, 0.25) is 0 Å². The molecule has 12 nitrogen and oxygen atoms in total. The number of fused-ring (bicyclic) bond motifs is 5. The van der Waals surface area contributed by atoms with Crippen molar-refractivity contribution in [2.24, 2.45) is 0 Å². The van der Waals surface area contributed by atoms with Crippen LogP contribution in [0.15, 0.2) is 36.4 Å². The predicted octanol–water partition coefficient (Wildman–Crippen LogP) is 6.47. The first-order valence-corrected chi connectivity index (χ1v) is 19.7. The lowest BCUT2D eigenvalue weighted by molar-refractivity contribution is 0.0563. The third kappa shape index (κ3) is 8.75. The van der Waals surface area contributed by atoms with Crippen molar-refractivity contribution in [1.29, 1.82) is 0 Å². The van der Waals surface area contributed by atoms with Gasteiger partial charge in [-0.2, -0.15) is 12.7 Å². The second-order valence-electron chi connectivity index (χ2n) is 16.3. The van der Waals surface area contributed by atoms with Gasteiger partial charge in [-0.15, -0.1) is 0 Å². The lowest BCUT2D eigenvalue weighted by Crippen LogP contribution is -2.56. The van der Waals surface area contributed by atoms with Crippen molar-refractivity contribution < 1.29 is 32.6 Å². The molecule has 286 valence electrons. The number of carbonyl (C=O) groups is 2. The molecular formula is C39H57N5O7S. The number of hydrogen-bond donors (Lipinski definition) is 2. The minimum Gasteiger partial charge on any atom is -0.491 e. The van der Waals surface area contributed by atoms with Crippen molar-refractivity contribution in [2.45, 2.75) is 103 Å². The van der Waals surface area contributed by atoms with Gasteiger partial charge in [0.05, 0.1) is 17.3 Å². The molecule has 1 atom stereocenters. The molecule has 1 aromatic heterocycles. The third-order valence-electron chi connectivity index (χ3n) is 10.6. The Morgan fingerprint density at radius 1 is 1.02 bits per heavy atom. The maximum absolute atomic E-state index is 13.1. The van der Waals surface area contributed by atoms with Crippen molar-refractivity contribution >= 4 is 33.2 Å². The minimum absolute atomic E-state index is 0.0433. The lowest BCUT2D eigenvalue weighted by Gasteiger charge is -2.38. The maximum Gasteiger partial charge on any atom is 0.422 e. The van der Waals surface area contributed by atoms with E-state index in [2.05, 4.69) is 34.4 Å². The number of carbonyl (C=O) groups excluding carboxylic acids is 1. The number of aryl methyl sites for hydroxylation is 1. The number of rotatable bonds is 11. The van der Waals surface area contributed by atoms with E-state index in [1.54, 1.807) is 26.8 Å². The molecule has 2 aromatic carbocycles. The van der Waals surface area contributed by atoms with Crippen LogP contribution in [0.3, 0.4) is 0 Å². The summed E-state index contributed by atoms with van der Waals surface area (Å²) in [7, 11) is 1.31. The van der Waals surface area contributed by atoms with Crippen LogP contribution in [0.5, 0.6) is 5.75 Å². The predicted molar refractivity (Wildman–Crippen MR) is 204 cm³/mol. The second kappa shape index (κ2) is 15.4. The van der Waals surface area contributed by atoms with Gasteiger partial charge in [0.1, 0.15) is 18.0 Å². The molecule has 2 aliphatic rings. The van der Waals surface area contributed by atoms with Crippen LogP contribution in [-0.4, -0.2) is 109 Å². The van der Waals surface area contributed by atoms with Gasteiger partial charge in [-0.1, -0.05) is 37.5 Å². The quantitative estimate of drug-likeness (QED) is 0.227. The number of amides is 1. The Morgan fingerprint density at radius 3 is 2.37 bits per heavy atom. The highest BCUT2D eigenvalue weighted by molar-refractivity contribution is 7.87. The van der Waals surface area contributed by atoms with Crippen LogP contribution in [0.25, 0.3) is 22.2 Å². The number of carboxylic acids is 1. The number of aromatic nitrogens is 1. The van der Waals surface area contributed by atoms with Crippen molar-refractivity contribution in [3.63, 3.8) is 0 Å². The molecule has 0 unspecified atom stereocenters. The van der Waals surface area contributed by atoms with Gasteiger partial charge in [0.15, 0.2) is 0 Å². The van der Waals surface area contributed by atoms with Crippen LogP contribution in [-0.2, 0) is 21.5 Å². The van der Waals surface area contributed by atoms with Crippen molar-refractivity contribution in [1.82, 2.24) is 23.4 Å². The fraction of sp³-hybridized carbons (Fsp3) is 0.590. The summed E-state index contributed by atoms with van der Waals surface area (Å²) in [5.74, 6) is 0.270. The monoisotopic (exact) mass is 739 g/mol. The Bertz CT molecular complexity index is 1890. The fourth-order valence-electron chi connectivity index (χ4n) is 7.70. The average molecular weight is 740 g/mol. The van der Waals surface area contributed by atoms with E-state index in [0.29, 0.717) is 38.7 Å². The number of nitrogens with one attached hydrogen (secondary N) is 1. The molecule has 3 aromatic rings. The van der Waals surface area contributed by atoms with E-state index < -0.39 is 33.4 Å². The van der Waals surface area contributed by atoms with Crippen LogP contribution >= 0.6 is 0 Å². The number of carboxylic acid groups (broad SMARTS) is 1. The number of hydrogen-bond acceptors (Lipinski definition) is 8. The van der Waals surface area contributed by atoms with Crippen LogP contribution in [0.4, 0.5) is 4.79 Å². The van der Waals surface area contributed by atoms with Gasteiger partial charge in [-0.25, -0.2) is 14.3 Å².